The lowest BCUT2D eigenvalue weighted by molar-refractivity contribution is -0.118. The molecule has 0 radical (unpaired) electrons. The van der Waals surface area contributed by atoms with Crippen LogP contribution >= 0.6 is 0 Å². The summed E-state index contributed by atoms with van der Waals surface area (Å²) < 4.78 is 0. The number of benzene rings is 2. The first kappa shape index (κ1) is 11.1. The molecule has 2 aromatic carbocycles. The van der Waals surface area contributed by atoms with E-state index in [1.807, 2.05) is 18.2 Å². The zero-order chi connectivity index (χ0) is 12.4. The highest BCUT2D eigenvalue weighted by Gasteiger charge is 2.14. The summed E-state index contributed by atoms with van der Waals surface area (Å²) in [5.74, 6) is 0.320. The molecule has 1 fully saturated rings. The van der Waals surface area contributed by atoms with Crippen molar-refractivity contribution >= 4 is 28.0 Å². The summed E-state index contributed by atoms with van der Waals surface area (Å²) in [6.45, 7) is 0. The number of fused-ring (bicyclic) bond motifs is 1. The average molecular weight is 237 g/mol. The summed E-state index contributed by atoms with van der Waals surface area (Å²) in [7, 11) is 0. The summed E-state index contributed by atoms with van der Waals surface area (Å²) in [4.78, 5) is 16.0. The predicted octanol–water partition coefficient (Wildman–Crippen LogP) is 4.06. The molecule has 0 heterocycles. The zero-order valence-corrected chi connectivity index (χ0v) is 10.2. The van der Waals surface area contributed by atoms with Crippen LogP contribution in [0, 0.1) is 0 Å². The maximum absolute atomic E-state index is 11.4. The Morgan fingerprint density at radius 3 is 2.61 bits per heavy atom. The van der Waals surface area contributed by atoms with Crippen molar-refractivity contribution in [2.75, 3.05) is 0 Å². The second-order valence-corrected chi connectivity index (χ2v) is 4.78. The number of carbonyl (C=O) groups excluding carboxylic acids is 1. The van der Waals surface area contributed by atoms with E-state index in [-0.39, 0.29) is 0 Å². The van der Waals surface area contributed by atoms with Crippen molar-refractivity contribution in [2.45, 2.75) is 25.7 Å². The van der Waals surface area contributed by atoms with E-state index < -0.39 is 0 Å². The van der Waals surface area contributed by atoms with Crippen LogP contribution in [0.15, 0.2) is 47.5 Å². The Morgan fingerprint density at radius 2 is 1.78 bits per heavy atom. The molecular formula is C16H15NO. The van der Waals surface area contributed by atoms with Crippen molar-refractivity contribution in [2.24, 2.45) is 4.99 Å². The molecule has 0 N–H and O–H groups in total. The Balaban J connectivity index is 1.94. The minimum atomic E-state index is 0.320. The van der Waals surface area contributed by atoms with Crippen LogP contribution in [0.25, 0.3) is 10.8 Å². The molecule has 90 valence electrons. The van der Waals surface area contributed by atoms with Crippen LogP contribution in [0.3, 0.4) is 0 Å². The van der Waals surface area contributed by atoms with Gasteiger partial charge in [-0.05, 0) is 35.7 Å². The summed E-state index contributed by atoms with van der Waals surface area (Å²) in [6, 6.07) is 14.4. The van der Waals surface area contributed by atoms with E-state index in [1.165, 1.54) is 10.8 Å². The van der Waals surface area contributed by atoms with Gasteiger partial charge in [-0.25, -0.2) is 0 Å². The highest BCUT2D eigenvalue weighted by Crippen LogP contribution is 2.23. The molecular weight excluding hydrogens is 222 g/mol. The van der Waals surface area contributed by atoms with Gasteiger partial charge in [-0.15, -0.1) is 0 Å². The number of aliphatic imine (C=N–C) groups is 1. The van der Waals surface area contributed by atoms with Gasteiger partial charge in [-0.2, -0.15) is 0 Å². The van der Waals surface area contributed by atoms with Crippen molar-refractivity contribution < 1.29 is 4.79 Å². The molecule has 0 amide bonds. The van der Waals surface area contributed by atoms with Crippen LogP contribution < -0.4 is 0 Å². The molecule has 1 aliphatic rings. The van der Waals surface area contributed by atoms with Crippen LogP contribution in [0.5, 0.6) is 0 Å². The van der Waals surface area contributed by atoms with E-state index in [9.17, 15) is 4.79 Å². The highest BCUT2D eigenvalue weighted by molar-refractivity contribution is 6.05. The number of rotatable bonds is 1. The maximum atomic E-state index is 11.4. The molecule has 2 aromatic rings. The lowest BCUT2D eigenvalue weighted by Gasteiger charge is -2.11. The van der Waals surface area contributed by atoms with E-state index in [4.69, 9.17) is 0 Å². The van der Waals surface area contributed by atoms with Gasteiger partial charge in [-0.3, -0.25) is 9.79 Å². The second-order valence-electron chi connectivity index (χ2n) is 4.78. The summed E-state index contributed by atoms with van der Waals surface area (Å²) in [5, 5.41) is 2.42. The summed E-state index contributed by atoms with van der Waals surface area (Å²) >= 11 is 0. The van der Waals surface area contributed by atoms with E-state index in [2.05, 4.69) is 29.3 Å². The number of hydrogen-bond donors (Lipinski definition) is 0. The van der Waals surface area contributed by atoms with Gasteiger partial charge in [0, 0.05) is 18.6 Å². The van der Waals surface area contributed by atoms with Crippen LogP contribution in [0.1, 0.15) is 25.7 Å². The SMILES string of the molecule is O=C1CCCC(=Nc2ccc3ccccc3c2)C1. The van der Waals surface area contributed by atoms with Gasteiger partial charge in [0.2, 0.25) is 0 Å². The van der Waals surface area contributed by atoms with Crippen LogP contribution in [0.4, 0.5) is 5.69 Å². The monoisotopic (exact) mass is 237 g/mol. The molecule has 0 aliphatic heterocycles. The quantitative estimate of drug-likeness (QED) is 0.735. The van der Waals surface area contributed by atoms with E-state index in [0.29, 0.717) is 12.2 Å². The van der Waals surface area contributed by atoms with Gasteiger partial charge >= 0.3 is 0 Å². The van der Waals surface area contributed by atoms with Crippen LogP contribution in [-0.2, 0) is 4.79 Å². The van der Waals surface area contributed by atoms with Crippen molar-refractivity contribution in [1.82, 2.24) is 0 Å². The van der Waals surface area contributed by atoms with Crippen molar-refractivity contribution in [3.8, 4) is 0 Å². The van der Waals surface area contributed by atoms with E-state index >= 15 is 0 Å². The average Bonchev–Trinajstić information content (AvgIpc) is 2.39. The smallest absolute Gasteiger partial charge is 0.138 e. The Morgan fingerprint density at radius 1 is 0.944 bits per heavy atom. The Kier molecular flexibility index (Phi) is 2.93. The lowest BCUT2D eigenvalue weighted by atomic mass is 9.97. The molecule has 0 atom stereocenters. The number of Topliss-reactive ketones (excluding diaryl/α,β-unsaturated/α-hetero) is 1. The molecule has 18 heavy (non-hydrogen) atoms. The Labute approximate surface area is 106 Å². The zero-order valence-electron chi connectivity index (χ0n) is 10.2. The molecule has 0 bridgehead atoms. The minimum absolute atomic E-state index is 0.320. The molecule has 1 saturated carbocycles. The number of carbonyl (C=O) groups is 1. The number of nitrogens with zero attached hydrogens (tertiary/aromatic N) is 1. The first-order valence-electron chi connectivity index (χ1n) is 6.38. The van der Waals surface area contributed by atoms with E-state index in [1.54, 1.807) is 0 Å². The molecule has 0 aromatic heterocycles. The molecule has 3 rings (SSSR count). The molecule has 0 saturated heterocycles. The van der Waals surface area contributed by atoms with Gasteiger partial charge < -0.3 is 0 Å². The third kappa shape index (κ3) is 2.33. The third-order valence-corrected chi connectivity index (χ3v) is 3.34. The topological polar surface area (TPSA) is 29.4 Å². The number of hydrogen-bond acceptors (Lipinski definition) is 2. The first-order chi connectivity index (χ1) is 8.81. The first-order valence-corrected chi connectivity index (χ1v) is 6.38. The van der Waals surface area contributed by atoms with Gasteiger partial charge in [0.1, 0.15) is 5.78 Å². The lowest BCUT2D eigenvalue weighted by Crippen LogP contribution is -2.13. The predicted molar refractivity (Wildman–Crippen MR) is 74.5 cm³/mol. The molecule has 2 nitrogen and oxygen atoms in total. The van der Waals surface area contributed by atoms with Gasteiger partial charge in [-0.1, -0.05) is 30.3 Å². The maximum Gasteiger partial charge on any atom is 0.138 e. The molecule has 2 heteroatoms. The summed E-state index contributed by atoms with van der Waals surface area (Å²) in [6.07, 6.45) is 3.16. The van der Waals surface area contributed by atoms with Crippen molar-refractivity contribution in [3.05, 3.63) is 42.5 Å². The Bertz CT molecular complexity index is 628. The van der Waals surface area contributed by atoms with Gasteiger partial charge in [0.05, 0.1) is 5.69 Å². The highest BCUT2D eigenvalue weighted by atomic mass is 16.1. The largest absolute Gasteiger partial charge is 0.299 e. The van der Waals surface area contributed by atoms with Crippen molar-refractivity contribution in [1.29, 1.82) is 0 Å². The summed E-state index contributed by atoms with van der Waals surface area (Å²) in [5.41, 5.74) is 1.99. The van der Waals surface area contributed by atoms with Gasteiger partial charge in [0.15, 0.2) is 0 Å². The van der Waals surface area contributed by atoms with Crippen molar-refractivity contribution in [3.63, 3.8) is 0 Å². The second kappa shape index (κ2) is 4.73. The minimum Gasteiger partial charge on any atom is -0.299 e. The van der Waals surface area contributed by atoms with Crippen LogP contribution in [0.2, 0.25) is 0 Å². The van der Waals surface area contributed by atoms with E-state index in [0.717, 1.165) is 30.7 Å². The Hall–Kier alpha value is -1.96. The molecule has 1 aliphatic carbocycles. The van der Waals surface area contributed by atoms with Gasteiger partial charge in [0.25, 0.3) is 0 Å². The van der Waals surface area contributed by atoms with Crippen LogP contribution in [-0.4, -0.2) is 11.5 Å². The third-order valence-electron chi connectivity index (χ3n) is 3.34. The molecule has 0 spiro atoms. The normalized spacial score (nSPS) is 18.4. The fraction of sp³-hybridized carbons (Fsp3) is 0.250. The fourth-order valence-corrected chi connectivity index (χ4v) is 2.42. The fourth-order valence-electron chi connectivity index (χ4n) is 2.42. The standard InChI is InChI=1S/C16H15NO/c18-16-7-3-6-14(11-16)17-15-9-8-12-4-1-2-5-13(12)10-15/h1-2,4-5,8-10H,3,6-7,11H2. The molecule has 0 unspecified atom stereocenters. The number of ketones is 1.